The SMILES string of the molecule is Cc1[nH]c(N)nc1-c1cc2c(C#N)cccc2s1. The number of aromatic nitrogens is 2. The van der Waals surface area contributed by atoms with Crippen LogP contribution in [0.25, 0.3) is 20.7 Å². The average molecular weight is 254 g/mol. The number of nitrogens with two attached hydrogens (primary N) is 1. The molecule has 2 aromatic heterocycles. The van der Waals surface area contributed by atoms with E-state index in [1.165, 1.54) is 0 Å². The van der Waals surface area contributed by atoms with Crippen LogP contribution < -0.4 is 5.73 Å². The summed E-state index contributed by atoms with van der Waals surface area (Å²) >= 11 is 1.62. The van der Waals surface area contributed by atoms with E-state index in [-0.39, 0.29) is 0 Å². The van der Waals surface area contributed by atoms with E-state index < -0.39 is 0 Å². The number of nitrogens with one attached hydrogen (secondary N) is 1. The molecule has 18 heavy (non-hydrogen) atoms. The minimum Gasteiger partial charge on any atom is -0.369 e. The molecule has 0 fully saturated rings. The van der Waals surface area contributed by atoms with Crippen LogP contribution in [0.5, 0.6) is 0 Å². The minimum absolute atomic E-state index is 0.417. The number of nitriles is 1. The summed E-state index contributed by atoms with van der Waals surface area (Å²) in [6.45, 7) is 1.94. The zero-order valence-electron chi connectivity index (χ0n) is 9.69. The van der Waals surface area contributed by atoms with Crippen LogP contribution in [0, 0.1) is 18.3 Å². The molecule has 0 aliphatic heterocycles. The average Bonchev–Trinajstić information content (AvgIpc) is 2.91. The van der Waals surface area contributed by atoms with E-state index in [9.17, 15) is 0 Å². The van der Waals surface area contributed by atoms with Gasteiger partial charge in [-0.25, -0.2) is 4.98 Å². The Labute approximate surface area is 108 Å². The minimum atomic E-state index is 0.417. The van der Waals surface area contributed by atoms with Crippen LogP contribution in [0.1, 0.15) is 11.3 Å². The lowest BCUT2D eigenvalue weighted by Crippen LogP contribution is -1.85. The van der Waals surface area contributed by atoms with E-state index in [2.05, 4.69) is 16.0 Å². The lowest BCUT2D eigenvalue weighted by Gasteiger charge is -1.90. The van der Waals surface area contributed by atoms with E-state index in [1.807, 2.05) is 31.2 Å². The largest absolute Gasteiger partial charge is 0.369 e. The van der Waals surface area contributed by atoms with Crippen LogP contribution in [0.15, 0.2) is 24.3 Å². The van der Waals surface area contributed by atoms with Crippen LogP contribution in [-0.2, 0) is 0 Å². The predicted molar refractivity (Wildman–Crippen MR) is 73.3 cm³/mol. The number of anilines is 1. The van der Waals surface area contributed by atoms with E-state index in [0.29, 0.717) is 11.5 Å². The summed E-state index contributed by atoms with van der Waals surface area (Å²) in [6, 6.07) is 9.94. The lowest BCUT2D eigenvalue weighted by atomic mass is 10.1. The van der Waals surface area contributed by atoms with Crippen molar-refractivity contribution < 1.29 is 0 Å². The molecule has 0 bridgehead atoms. The fourth-order valence-electron chi connectivity index (χ4n) is 2.00. The lowest BCUT2D eigenvalue weighted by molar-refractivity contribution is 1.26. The van der Waals surface area contributed by atoms with Gasteiger partial charge >= 0.3 is 0 Å². The summed E-state index contributed by atoms with van der Waals surface area (Å²) in [7, 11) is 0. The number of rotatable bonds is 1. The Balaban J connectivity index is 2.26. The summed E-state index contributed by atoms with van der Waals surface area (Å²) in [4.78, 5) is 8.29. The number of aromatic amines is 1. The highest BCUT2D eigenvalue weighted by atomic mass is 32.1. The Morgan fingerprint density at radius 1 is 1.44 bits per heavy atom. The second-order valence-electron chi connectivity index (χ2n) is 4.04. The molecule has 88 valence electrons. The maximum atomic E-state index is 9.09. The predicted octanol–water partition coefficient (Wildman–Crippen LogP) is 3.05. The Kier molecular flexibility index (Phi) is 2.32. The summed E-state index contributed by atoms with van der Waals surface area (Å²) in [5, 5.41) is 10.1. The van der Waals surface area contributed by atoms with Crippen molar-refractivity contribution in [1.29, 1.82) is 5.26 Å². The van der Waals surface area contributed by atoms with Crippen LogP contribution in [-0.4, -0.2) is 9.97 Å². The fourth-order valence-corrected chi connectivity index (χ4v) is 3.13. The normalized spacial score (nSPS) is 10.7. The first-order chi connectivity index (χ1) is 8.69. The third kappa shape index (κ3) is 1.55. The molecule has 3 rings (SSSR count). The molecule has 0 spiro atoms. The second-order valence-corrected chi connectivity index (χ2v) is 5.12. The van der Waals surface area contributed by atoms with Crippen LogP contribution in [0.2, 0.25) is 0 Å². The number of benzene rings is 1. The zero-order valence-corrected chi connectivity index (χ0v) is 10.5. The number of hydrogen-bond donors (Lipinski definition) is 2. The summed E-state index contributed by atoms with van der Waals surface area (Å²) in [6.07, 6.45) is 0. The van der Waals surface area contributed by atoms with Gasteiger partial charge in [-0.15, -0.1) is 11.3 Å². The molecule has 0 saturated carbocycles. The molecule has 4 nitrogen and oxygen atoms in total. The van der Waals surface area contributed by atoms with Gasteiger partial charge in [-0.1, -0.05) is 6.07 Å². The van der Waals surface area contributed by atoms with Gasteiger partial charge in [0.15, 0.2) is 5.95 Å². The van der Waals surface area contributed by atoms with E-state index in [1.54, 1.807) is 11.3 Å². The highest BCUT2D eigenvalue weighted by Crippen LogP contribution is 2.35. The molecule has 0 aliphatic carbocycles. The number of H-pyrrole nitrogens is 1. The summed E-state index contributed by atoms with van der Waals surface area (Å²) < 4.78 is 1.09. The van der Waals surface area contributed by atoms with Gasteiger partial charge < -0.3 is 10.7 Å². The second kappa shape index (κ2) is 3.86. The Hall–Kier alpha value is -2.32. The van der Waals surface area contributed by atoms with Crippen molar-refractivity contribution in [1.82, 2.24) is 9.97 Å². The molecule has 3 aromatic rings. The molecule has 0 amide bonds. The number of fused-ring (bicyclic) bond motifs is 1. The van der Waals surface area contributed by atoms with Gasteiger partial charge in [0, 0.05) is 15.8 Å². The third-order valence-electron chi connectivity index (χ3n) is 2.82. The molecule has 0 aliphatic rings. The van der Waals surface area contributed by atoms with Gasteiger partial charge in [-0.3, -0.25) is 0 Å². The molecule has 0 radical (unpaired) electrons. The first-order valence-corrected chi connectivity index (χ1v) is 6.26. The van der Waals surface area contributed by atoms with Crippen LogP contribution in [0.3, 0.4) is 0 Å². The van der Waals surface area contributed by atoms with Crippen LogP contribution in [0.4, 0.5) is 5.95 Å². The van der Waals surface area contributed by atoms with Gasteiger partial charge in [-0.05, 0) is 25.1 Å². The summed E-state index contributed by atoms with van der Waals surface area (Å²) in [5.41, 5.74) is 8.14. The van der Waals surface area contributed by atoms with E-state index in [0.717, 1.165) is 26.4 Å². The molecular formula is C13H10N4S. The van der Waals surface area contributed by atoms with Gasteiger partial charge in [0.05, 0.1) is 16.5 Å². The Bertz CT molecular complexity index is 776. The first-order valence-electron chi connectivity index (χ1n) is 5.44. The quantitative estimate of drug-likeness (QED) is 0.700. The molecular weight excluding hydrogens is 244 g/mol. The number of aryl methyl sites for hydroxylation is 1. The molecule has 1 aromatic carbocycles. The van der Waals surface area contributed by atoms with Crippen molar-refractivity contribution >= 4 is 27.4 Å². The van der Waals surface area contributed by atoms with Crippen molar-refractivity contribution in [2.75, 3.05) is 5.73 Å². The monoisotopic (exact) mass is 254 g/mol. The summed E-state index contributed by atoms with van der Waals surface area (Å²) in [5.74, 6) is 0.417. The number of imidazole rings is 1. The van der Waals surface area contributed by atoms with Crippen molar-refractivity contribution in [2.24, 2.45) is 0 Å². The molecule has 2 heterocycles. The zero-order chi connectivity index (χ0) is 12.7. The Morgan fingerprint density at radius 3 is 2.94 bits per heavy atom. The third-order valence-corrected chi connectivity index (χ3v) is 3.93. The Morgan fingerprint density at radius 2 is 2.28 bits per heavy atom. The molecule has 0 atom stereocenters. The smallest absolute Gasteiger partial charge is 0.198 e. The van der Waals surface area contributed by atoms with Gasteiger partial charge in [0.1, 0.15) is 5.69 Å². The van der Waals surface area contributed by atoms with Gasteiger partial charge in [0.25, 0.3) is 0 Å². The molecule has 0 unspecified atom stereocenters. The van der Waals surface area contributed by atoms with Crippen molar-refractivity contribution in [3.63, 3.8) is 0 Å². The van der Waals surface area contributed by atoms with Gasteiger partial charge in [0.2, 0.25) is 0 Å². The molecule has 3 N–H and O–H groups in total. The van der Waals surface area contributed by atoms with Crippen molar-refractivity contribution in [3.8, 4) is 16.6 Å². The van der Waals surface area contributed by atoms with E-state index in [4.69, 9.17) is 11.0 Å². The molecule has 5 heteroatoms. The number of thiophene rings is 1. The van der Waals surface area contributed by atoms with Crippen molar-refractivity contribution in [3.05, 3.63) is 35.5 Å². The fraction of sp³-hybridized carbons (Fsp3) is 0.0769. The van der Waals surface area contributed by atoms with Crippen molar-refractivity contribution in [2.45, 2.75) is 6.92 Å². The topological polar surface area (TPSA) is 78.5 Å². The maximum Gasteiger partial charge on any atom is 0.198 e. The number of hydrogen-bond acceptors (Lipinski definition) is 4. The standard InChI is InChI=1S/C13H10N4S/c1-7-12(17-13(15)16-7)11-5-9-8(6-14)3-2-4-10(9)18-11/h2-5H,1H3,(H3,15,16,17). The van der Waals surface area contributed by atoms with E-state index >= 15 is 0 Å². The first kappa shape index (κ1) is 10.8. The van der Waals surface area contributed by atoms with Crippen LogP contribution >= 0.6 is 11.3 Å². The number of nitrogens with zero attached hydrogens (tertiary/aromatic N) is 2. The molecule has 0 saturated heterocycles. The number of nitrogen functional groups attached to an aromatic ring is 1. The van der Waals surface area contributed by atoms with Gasteiger partial charge in [-0.2, -0.15) is 5.26 Å². The highest BCUT2D eigenvalue weighted by Gasteiger charge is 2.12. The maximum absolute atomic E-state index is 9.09. The highest BCUT2D eigenvalue weighted by molar-refractivity contribution is 7.22.